The minimum absolute atomic E-state index is 0.0469. The fourth-order valence-electron chi connectivity index (χ4n) is 3.12. The van der Waals surface area contributed by atoms with Gasteiger partial charge >= 0.3 is 0 Å². The van der Waals surface area contributed by atoms with E-state index in [9.17, 15) is 0 Å². The van der Waals surface area contributed by atoms with Crippen LogP contribution < -0.4 is 0 Å². The Morgan fingerprint density at radius 1 is 1.32 bits per heavy atom. The fraction of sp³-hybridized carbons (Fsp3) is 0.562. The number of rotatable bonds is 3. The minimum atomic E-state index is -0.0469. The van der Waals surface area contributed by atoms with Crippen LogP contribution in [0.2, 0.25) is 0 Å². The van der Waals surface area contributed by atoms with Gasteiger partial charge < -0.3 is 4.57 Å². The highest BCUT2D eigenvalue weighted by atomic mass is 35.5. The maximum absolute atomic E-state index is 6.36. The minimum Gasteiger partial charge on any atom is -0.324 e. The third-order valence-electron chi connectivity index (χ3n) is 4.54. The lowest BCUT2D eigenvalue weighted by molar-refractivity contribution is 0.223. The molecule has 1 fully saturated rings. The molecule has 0 spiro atoms. The van der Waals surface area contributed by atoms with Crippen molar-refractivity contribution in [2.24, 2.45) is 5.92 Å². The molecule has 3 rings (SSSR count). The molecule has 0 N–H and O–H groups in total. The van der Waals surface area contributed by atoms with Crippen molar-refractivity contribution >= 4 is 22.6 Å². The number of halogens is 1. The quantitative estimate of drug-likeness (QED) is 0.721. The van der Waals surface area contributed by atoms with Crippen molar-refractivity contribution < 1.29 is 0 Å². The van der Waals surface area contributed by atoms with Crippen molar-refractivity contribution in [3.8, 4) is 0 Å². The summed E-state index contributed by atoms with van der Waals surface area (Å²) in [5, 5.41) is -0.0469. The zero-order valence-electron chi connectivity index (χ0n) is 11.9. The van der Waals surface area contributed by atoms with Crippen LogP contribution in [-0.2, 0) is 0 Å². The molecule has 2 aromatic rings. The average molecular weight is 277 g/mol. The summed E-state index contributed by atoms with van der Waals surface area (Å²) in [6.45, 7) is 6.45. The van der Waals surface area contributed by atoms with Gasteiger partial charge in [0.1, 0.15) is 5.82 Å². The molecule has 0 saturated heterocycles. The van der Waals surface area contributed by atoms with E-state index >= 15 is 0 Å². The average Bonchev–Trinajstić information content (AvgIpc) is 2.67. The molecule has 2 nitrogen and oxygen atoms in total. The Labute approximate surface area is 119 Å². The normalized spacial score (nSPS) is 19.4. The number of hydrogen-bond donors (Lipinski definition) is 0. The van der Waals surface area contributed by atoms with E-state index in [0.29, 0.717) is 6.04 Å². The van der Waals surface area contributed by atoms with Gasteiger partial charge in [-0.15, -0.1) is 11.6 Å². The highest BCUT2D eigenvalue weighted by Gasteiger charge is 2.29. The molecular formula is C16H21ClN2. The van der Waals surface area contributed by atoms with Crippen LogP contribution in [-0.4, -0.2) is 9.55 Å². The molecule has 102 valence electrons. The third-order valence-corrected chi connectivity index (χ3v) is 4.74. The first-order valence-corrected chi connectivity index (χ1v) is 7.64. The Morgan fingerprint density at radius 3 is 2.63 bits per heavy atom. The molecule has 2 atom stereocenters. The molecule has 0 radical (unpaired) electrons. The largest absolute Gasteiger partial charge is 0.324 e. The number of alkyl halides is 1. The van der Waals surface area contributed by atoms with Crippen LogP contribution in [0, 0.1) is 12.8 Å². The van der Waals surface area contributed by atoms with Gasteiger partial charge in [-0.05, 0) is 51.2 Å². The van der Waals surface area contributed by atoms with E-state index in [0.717, 1.165) is 17.3 Å². The van der Waals surface area contributed by atoms with E-state index in [1.165, 1.54) is 30.3 Å². The topological polar surface area (TPSA) is 17.8 Å². The second kappa shape index (κ2) is 4.82. The van der Waals surface area contributed by atoms with Crippen LogP contribution in [0.4, 0.5) is 0 Å². The Kier molecular flexibility index (Phi) is 3.30. The van der Waals surface area contributed by atoms with E-state index in [2.05, 4.69) is 36.6 Å². The second-order valence-corrected chi connectivity index (χ2v) is 6.48. The molecule has 1 heterocycles. The van der Waals surface area contributed by atoms with Gasteiger partial charge in [-0.3, -0.25) is 0 Å². The molecule has 1 saturated carbocycles. The van der Waals surface area contributed by atoms with E-state index in [1.807, 2.05) is 6.92 Å². The van der Waals surface area contributed by atoms with Crippen molar-refractivity contribution in [2.75, 3.05) is 0 Å². The summed E-state index contributed by atoms with van der Waals surface area (Å²) in [5.41, 5.74) is 3.58. The number of para-hydroxylation sites is 1. The van der Waals surface area contributed by atoms with Crippen LogP contribution in [0.3, 0.4) is 0 Å². The standard InChI is InChI=1S/C16H21ClN2/c1-10-6-4-9-14-15(10)18-16(11(2)17)19(14)12(3)13-7-5-8-13/h4,6,9,11-13H,5,7-8H2,1-3H3. The molecule has 2 unspecified atom stereocenters. The van der Waals surface area contributed by atoms with Crippen molar-refractivity contribution in [2.45, 2.75) is 51.5 Å². The predicted octanol–water partition coefficient (Wildman–Crippen LogP) is 5.01. The van der Waals surface area contributed by atoms with Gasteiger partial charge in [-0.2, -0.15) is 0 Å². The molecule has 3 heteroatoms. The Morgan fingerprint density at radius 2 is 2.05 bits per heavy atom. The summed E-state index contributed by atoms with van der Waals surface area (Å²) in [7, 11) is 0. The van der Waals surface area contributed by atoms with Gasteiger partial charge in [-0.1, -0.05) is 18.6 Å². The van der Waals surface area contributed by atoms with Crippen molar-refractivity contribution in [3.63, 3.8) is 0 Å². The molecule has 1 aliphatic rings. The lowest BCUT2D eigenvalue weighted by atomic mass is 9.80. The number of hydrogen-bond acceptors (Lipinski definition) is 1. The lowest BCUT2D eigenvalue weighted by Crippen LogP contribution is -2.24. The van der Waals surface area contributed by atoms with Crippen LogP contribution in [0.15, 0.2) is 18.2 Å². The summed E-state index contributed by atoms with van der Waals surface area (Å²) in [6.07, 6.45) is 4.04. The first kappa shape index (κ1) is 13.0. The van der Waals surface area contributed by atoms with Crippen LogP contribution >= 0.6 is 11.6 Å². The molecule has 1 aliphatic carbocycles. The predicted molar refractivity (Wildman–Crippen MR) is 80.8 cm³/mol. The smallest absolute Gasteiger partial charge is 0.127 e. The van der Waals surface area contributed by atoms with E-state index in [1.54, 1.807) is 0 Å². The SMILES string of the molecule is Cc1cccc2c1nc(C(C)Cl)n2C(C)C1CCC1. The number of aryl methyl sites for hydroxylation is 1. The van der Waals surface area contributed by atoms with Gasteiger partial charge in [0, 0.05) is 6.04 Å². The summed E-state index contributed by atoms with van der Waals surface area (Å²) in [5.74, 6) is 1.80. The van der Waals surface area contributed by atoms with Crippen LogP contribution in [0.25, 0.3) is 11.0 Å². The lowest BCUT2D eigenvalue weighted by Gasteiger charge is -2.33. The first-order valence-electron chi connectivity index (χ1n) is 7.21. The number of benzene rings is 1. The first-order chi connectivity index (χ1) is 9.09. The summed E-state index contributed by atoms with van der Waals surface area (Å²) in [4.78, 5) is 4.80. The van der Waals surface area contributed by atoms with Gasteiger partial charge in [-0.25, -0.2) is 4.98 Å². The molecule has 0 aliphatic heterocycles. The van der Waals surface area contributed by atoms with Gasteiger partial charge in [0.25, 0.3) is 0 Å². The van der Waals surface area contributed by atoms with E-state index in [-0.39, 0.29) is 5.38 Å². The third kappa shape index (κ3) is 2.06. The summed E-state index contributed by atoms with van der Waals surface area (Å²) >= 11 is 6.36. The van der Waals surface area contributed by atoms with Crippen molar-refractivity contribution in [1.29, 1.82) is 0 Å². The molecule has 1 aromatic heterocycles. The summed E-state index contributed by atoms with van der Waals surface area (Å²) in [6, 6.07) is 6.91. The number of imidazole rings is 1. The number of nitrogens with zero attached hydrogens (tertiary/aromatic N) is 2. The zero-order chi connectivity index (χ0) is 13.6. The maximum Gasteiger partial charge on any atom is 0.127 e. The van der Waals surface area contributed by atoms with Gasteiger partial charge in [0.2, 0.25) is 0 Å². The maximum atomic E-state index is 6.36. The van der Waals surface area contributed by atoms with Gasteiger partial charge in [0.05, 0.1) is 16.4 Å². The monoisotopic (exact) mass is 276 g/mol. The van der Waals surface area contributed by atoms with Crippen LogP contribution in [0.5, 0.6) is 0 Å². The Hall–Kier alpha value is -1.02. The molecular weight excluding hydrogens is 256 g/mol. The molecule has 19 heavy (non-hydrogen) atoms. The molecule has 1 aromatic carbocycles. The number of aromatic nitrogens is 2. The van der Waals surface area contributed by atoms with Crippen molar-refractivity contribution in [1.82, 2.24) is 9.55 Å². The highest BCUT2D eigenvalue weighted by Crippen LogP contribution is 2.40. The zero-order valence-corrected chi connectivity index (χ0v) is 12.6. The van der Waals surface area contributed by atoms with E-state index < -0.39 is 0 Å². The van der Waals surface area contributed by atoms with Crippen LogP contribution in [0.1, 0.15) is 55.9 Å². The van der Waals surface area contributed by atoms with Crippen molar-refractivity contribution in [3.05, 3.63) is 29.6 Å². The second-order valence-electron chi connectivity index (χ2n) is 5.83. The van der Waals surface area contributed by atoms with Gasteiger partial charge in [0.15, 0.2) is 0 Å². The Balaban J connectivity index is 2.18. The molecule has 0 amide bonds. The summed E-state index contributed by atoms with van der Waals surface area (Å²) < 4.78 is 2.38. The number of fused-ring (bicyclic) bond motifs is 1. The molecule has 0 bridgehead atoms. The fourth-order valence-corrected chi connectivity index (χ4v) is 3.27. The van der Waals surface area contributed by atoms with E-state index in [4.69, 9.17) is 16.6 Å². The highest BCUT2D eigenvalue weighted by molar-refractivity contribution is 6.20. The Bertz CT molecular complexity index is 596.